The maximum Gasteiger partial charge on any atom is 0.167 e. The van der Waals surface area contributed by atoms with E-state index in [1.54, 1.807) is 17.6 Å². The van der Waals surface area contributed by atoms with Crippen LogP contribution in [0, 0.1) is 0 Å². The second kappa shape index (κ2) is 4.93. The standard InChI is InChI=1S/C13H10N4S/c1-2-4-10(5-3-1)8-16-17-13-12-11(6-7-18-12)14-9-15-13/h1-9H,(H,14,15,17)/b16-8+. The molecule has 1 aromatic carbocycles. The van der Waals surface area contributed by atoms with E-state index >= 15 is 0 Å². The highest BCUT2D eigenvalue weighted by Gasteiger charge is 2.02. The lowest BCUT2D eigenvalue weighted by Gasteiger charge is -1.99. The molecule has 2 aromatic heterocycles. The Morgan fingerprint density at radius 2 is 2.00 bits per heavy atom. The van der Waals surface area contributed by atoms with Crippen molar-refractivity contribution in [3.63, 3.8) is 0 Å². The lowest BCUT2D eigenvalue weighted by atomic mass is 10.2. The number of hydrogen-bond donors (Lipinski definition) is 1. The number of hydrazone groups is 1. The highest BCUT2D eigenvalue weighted by Crippen LogP contribution is 2.24. The third kappa shape index (κ3) is 2.21. The van der Waals surface area contributed by atoms with Gasteiger partial charge in [0.2, 0.25) is 0 Å². The monoisotopic (exact) mass is 254 g/mol. The molecule has 0 saturated heterocycles. The number of fused-ring (bicyclic) bond motifs is 1. The van der Waals surface area contributed by atoms with Crippen LogP contribution in [0.2, 0.25) is 0 Å². The summed E-state index contributed by atoms with van der Waals surface area (Å²) in [6, 6.07) is 11.9. The number of nitrogens with one attached hydrogen (secondary N) is 1. The minimum atomic E-state index is 0.738. The number of rotatable bonds is 3. The number of benzene rings is 1. The average molecular weight is 254 g/mol. The predicted molar refractivity (Wildman–Crippen MR) is 75.1 cm³/mol. The molecule has 3 aromatic rings. The van der Waals surface area contributed by atoms with Gasteiger partial charge in [0.05, 0.1) is 16.4 Å². The Morgan fingerprint density at radius 1 is 1.11 bits per heavy atom. The zero-order valence-electron chi connectivity index (χ0n) is 9.45. The molecule has 3 rings (SSSR count). The van der Waals surface area contributed by atoms with E-state index in [0.29, 0.717) is 0 Å². The molecular formula is C13H10N4S. The normalized spacial score (nSPS) is 11.1. The van der Waals surface area contributed by atoms with Crippen molar-refractivity contribution in [3.05, 3.63) is 53.7 Å². The molecule has 18 heavy (non-hydrogen) atoms. The molecule has 0 bridgehead atoms. The van der Waals surface area contributed by atoms with Crippen LogP contribution in [0.25, 0.3) is 10.2 Å². The number of aromatic nitrogens is 2. The van der Waals surface area contributed by atoms with Crippen LogP contribution in [0.3, 0.4) is 0 Å². The van der Waals surface area contributed by atoms with Crippen LogP contribution >= 0.6 is 11.3 Å². The molecule has 0 amide bonds. The van der Waals surface area contributed by atoms with Gasteiger partial charge in [0, 0.05) is 0 Å². The summed E-state index contributed by atoms with van der Waals surface area (Å²) < 4.78 is 1.02. The summed E-state index contributed by atoms with van der Waals surface area (Å²) in [5.41, 5.74) is 4.93. The molecule has 5 heteroatoms. The Bertz CT molecular complexity index is 676. The molecule has 0 aliphatic heterocycles. The second-order valence-electron chi connectivity index (χ2n) is 3.64. The minimum Gasteiger partial charge on any atom is -0.260 e. The summed E-state index contributed by atoms with van der Waals surface area (Å²) in [5, 5.41) is 6.17. The van der Waals surface area contributed by atoms with E-state index in [9.17, 15) is 0 Å². The van der Waals surface area contributed by atoms with Gasteiger partial charge in [-0.1, -0.05) is 30.3 Å². The molecule has 0 radical (unpaired) electrons. The molecule has 4 nitrogen and oxygen atoms in total. The van der Waals surface area contributed by atoms with Crippen LogP contribution in [-0.4, -0.2) is 16.2 Å². The smallest absolute Gasteiger partial charge is 0.167 e. The third-order valence-electron chi connectivity index (χ3n) is 2.43. The van der Waals surface area contributed by atoms with Crippen molar-refractivity contribution in [2.24, 2.45) is 5.10 Å². The first-order valence-electron chi connectivity index (χ1n) is 5.46. The highest BCUT2D eigenvalue weighted by molar-refractivity contribution is 7.17. The van der Waals surface area contributed by atoms with Crippen molar-refractivity contribution in [1.29, 1.82) is 0 Å². The quantitative estimate of drug-likeness (QED) is 0.577. The van der Waals surface area contributed by atoms with Crippen molar-refractivity contribution >= 4 is 33.6 Å². The summed E-state index contributed by atoms with van der Waals surface area (Å²) in [7, 11) is 0. The van der Waals surface area contributed by atoms with E-state index in [2.05, 4.69) is 20.5 Å². The van der Waals surface area contributed by atoms with Gasteiger partial charge in [-0.3, -0.25) is 5.43 Å². The molecule has 0 fully saturated rings. The van der Waals surface area contributed by atoms with E-state index < -0.39 is 0 Å². The first-order valence-corrected chi connectivity index (χ1v) is 6.34. The molecule has 88 valence electrons. The van der Waals surface area contributed by atoms with Gasteiger partial charge in [-0.25, -0.2) is 9.97 Å². The van der Waals surface area contributed by atoms with Crippen molar-refractivity contribution in [3.8, 4) is 0 Å². The van der Waals surface area contributed by atoms with E-state index in [4.69, 9.17) is 0 Å². The topological polar surface area (TPSA) is 50.2 Å². The number of thiophene rings is 1. The van der Waals surface area contributed by atoms with Crippen molar-refractivity contribution in [2.75, 3.05) is 5.43 Å². The molecule has 1 N–H and O–H groups in total. The second-order valence-corrected chi connectivity index (χ2v) is 4.55. The van der Waals surface area contributed by atoms with Crippen LogP contribution in [0.1, 0.15) is 5.56 Å². The first kappa shape index (κ1) is 10.9. The molecular weight excluding hydrogens is 244 g/mol. The lowest BCUT2D eigenvalue weighted by molar-refractivity contribution is 1.19. The van der Waals surface area contributed by atoms with Crippen molar-refractivity contribution in [1.82, 2.24) is 9.97 Å². The van der Waals surface area contributed by atoms with Crippen LogP contribution < -0.4 is 5.43 Å². The van der Waals surface area contributed by atoms with Gasteiger partial charge in [0.1, 0.15) is 6.33 Å². The summed E-state index contributed by atoms with van der Waals surface area (Å²) in [5.74, 6) is 0.738. The largest absolute Gasteiger partial charge is 0.260 e. The minimum absolute atomic E-state index is 0.738. The van der Waals surface area contributed by atoms with E-state index in [1.165, 1.54) is 6.33 Å². The van der Waals surface area contributed by atoms with Gasteiger partial charge in [0.15, 0.2) is 5.82 Å². The third-order valence-corrected chi connectivity index (χ3v) is 3.34. The first-order chi connectivity index (χ1) is 8.93. The van der Waals surface area contributed by atoms with Gasteiger partial charge in [-0.2, -0.15) is 5.10 Å². The van der Waals surface area contributed by atoms with Gasteiger partial charge in [-0.05, 0) is 17.0 Å². The van der Waals surface area contributed by atoms with Crippen LogP contribution in [0.15, 0.2) is 53.2 Å². The summed E-state index contributed by atoms with van der Waals surface area (Å²) in [4.78, 5) is 8.36. The average Bonchev–Trinajstić information content (AvgIpc) is 2.89. The Morgan fingerprint density at radius 3 is 2.89 bits per heavy atom. The molecule has 2 heterocycles. The number of anilines is 1. The highest BCUT2D eigenvalue weighted by atomic mass is 32.1. The van der Waals surface area contributed by atoms with Crippen LogP contribution in [0.5, 0.6) is 0 Å². The van der Waals surface area contributed by atoms with Crippen molar-refractivity contribution in [2.45, 2.75) is 0 Å². The van der Waals surface area contributed by atoms with Gasteiger partial charge in [0.25, 0.3) is 0 Å². The fraction of sp³-hybridized carbons (Fsp3) is 0. The molecule has 0 spiro atoms. The summed E-state index contributed by atoms with van der Waals surface area (Å²) in [6.07, 6.45) is 3.30. The zero-order valence-corrected chi connectivity index (χ0v) is 10.3. The maximum atomic E-state index is 4.18. The molecule has 0 saturated carbocycles. The fourth-order valence-corrected chi connectivity index (χ4v) is 2.36. The number of hydrogen-bond acceptors (Lipinski definition) is 5. The van der Waals surface area contributed by atoms with Gasteiger partial charge < -0.3 is 0 Å². The van der Waals surface area contributed by atoms with Gasteiger partial charge >= 0.3 is 0 Å². The predicted octanol–water partition coefficient (Wildman–Crippen LogP) is 3.14. The zero-order chi connectivity index (χ0) is 12.2. The van der Waals surface area contributed by atoms with E-state index in [1.807, 2.05) is 41.8 Å². The van der Waals surface area contributed by atoms with Gasteiger partial charge in [-0.15, -0.1) is 11.3 Å². The Balaban J connectivity index is 1.81. The maximum absolute atomic E-state index is 4.18. The Hall–Kier alpha value is -2.27. The number of nitrogens with zero attached hydrogens (tertiary/aromatic N) is 3. The summed E-state index contributed by atoms with van der Waals surface area (Å²) >= 11 is 1.60. The lowest BCUT2D eigenvalue weighted by Crippen LogP contribution is -1.94. The Labute approximate surface area is 108 Å². The summed E-state index contributed by atoms with van der Waals surface area (Å²) in [6.45, 7) is 0. The molecule has 0 aliphatic carbocycles. The molecule has 0 unspecified atom stereocenters. The molecule has 0 atom stereocenters. The molecule has 0 aliphatic rings. The fourth-order valence-electron chi connectivity index (χ4n) is 1.58. The van der Waals surface area contributed by atoms with Crippen LogP contribution in [-0.2, 0) is 0 Å². The Kier molecular flexibility index (Phi) is 2.97. The van der Waals surface area contributed by atoms with Crippen LogP contribution in [0.4, 0.5) is 5.82 Å². The van der Waals surface area contributed by atoms with E-state index in [0.717, 1.165) is 21.6 Å². The van der Waals surface area contributed by atoms with Crippen molar-refractivity contribution < 1.29 is 0 Å². The van der Waals surface area contributed by atoms with E-state index in [-0.39, 0.29) is 0 Å². The SMILES string of the molecule is C(=N\Nc1ncnc2ccsc12)/c1ccccc1.